The number of aryl methyl sites for hydroxylation is 1. The SMILES string of the molecule is CC(=O)NCC(C)(C)CNC(=O)c1ccc(Nc2nc(NC3(c4ccc(Cl)cc4)CC3)nc(OCC(F)(F)F)n2)cc1F.Cc1ccc(NC=O)cc1F. The summed E-state index contributed by atoms with van der Waals surface area (Å²) in [6, 6.07) is 14.7. The molecule has 0 bridgehead atoms. The van der Waals surface area contributed by atoms with Crippen LogP contribution in [-0.4, -0.2) is 59.0 Å². The van der Waals surface area contributed by atoms with Crippen molar-refractivity contribution in [1.29, 1.82) is 0 Å². The number of amides is 3. The van der Waals surface area contributed by atoms with Gasteiger partial charge in [0.25, 0.3) is 5.91 Å². The Labute approximate surface area is 312 Å². The van der Waals surface area contributed by atoms with Crippen LogP contribution >= 0.6 is 11.6 Å². The zero-order valence-corrected chi connectivity index (χ0v) is 30.4. The lowest BCUT2D eigenvalue weighted by atomic mass is 9.93. The molecule has 1 saturated carbocycles. The fourth-order valence-electron chi connectivity index (χ4n) is 4.77. The van der Waals surface area contributed by atoms with Crippen LogP contribution < -0.4 is 31.3 Å². The minimum atomic E-state index is -4.63. The number of hydrogen-bond donors (Lipinski definition) is 5. The first-order valence-corrected chi connectivity index (χ1v) is 16.8. The van der Waals surface area contributed by atoms with E-state index in [1.54, 1.807) is 31.2 Å². The van der Waals surface area contributed by atoms with E-state index in [-0.39, 0.29) is 41.4 Å². The number of ether oxygens (including phenoxy) is 1. The number of carbonyl (C=O) groups excluding carboxylic acids is 3. The Bertz CT molecular complexity index is 1960. The Balaban J connectivity index is 0.000000506. The second-order valence-corrected chi connectivity index (χ2v) is 13.6. The van der Waals surface area contributed by atoms with Gasteiger partial charge >= 0.3 is 12.2 Å². The van der Waals surface area contributed by atoms with Crippen molar-refractivity contribution in [1.82, 2.24) is 25.6 Å². The summed E-state index contributed by atoms with van der Waals surface area (Å²) in [5, 5.41) is 14.1. The minimum absolute atomic E-state index is 0.0551. The normalized spacial score (nSPS) is 13.1. The molecule has 5 rings (SSSR count). The molecular weight excluding hydrogens is 739 g/mol. The van der Waals surface area contributed by atoms with Crippen molar-refractivity contribution in [2.45, 2.75) is 52.3 Å². The Morgan fingerprint density at radius 1 is 0.889 bits per heavy atom. The molecule has 0 saturated heterocycles. The van der Waals surface area contributed by atoms with E-state index in [2.05, 4.69) is 41.5 Å². The fourth-order valence-corrected chi connectivity index (χ4v) is 4.90. The van der Waals surface area contributed by atoms with Crippen LogP contribution in [-0.2, 0) is 15.1 Å². The topological polar surface area (TPSA) is 159 Å². The predicted octanol–water partition coefficient (Wildman–Crippen LogP) is 7.04. The summed E-state index contributed by atoms with van der Waals surface area (Å²) in [6.07, 6.45) is -2.69. The third-order valence-electron chi connectivity index (χ3n) is 7.89. The quantitative estimate of drug-likeness (QED) is 0.0669. The van der Waals surface area contributed by atoms with Gasteiger partial charge in [0.15, 0.2) is 6.61 Å². The summed E-state index contributed by atoms with van der Waals surface area (Å²) in [4.78, 5) is 45.9. The molecule has 12 nitrogen and oxygen atoms in total. The van der Waals surface area contributed by atoms with Crippen LogP contribution in [0.2, 0.25) is 5.02 Å². The van der Waals surface area contributed by atoms with Crippen LogP contribution in [0.4, 0.5) is 45.2 Å². The molecule has 54 heavy (non-hydrogen) atoms. The summed E-state index contributed by atoms with van der Waals surface area (Å²) < 4.78 is 71.0. The molecule has 0 radical (unpaired) electrons. The first kappa shape index (κ1) is 41.2. The van der Waals surface area contributed by atoms with Crippen LogP contribution in [0.1, 0.15) is 55.1 Å². The molecule has 18 heteroatoms. The van der Waals surface area contributed by atoms with Gasteiger partial charge in [0.1, 0.15) is 11.6 Å². The van der Waals surface area contributed by atoms with Crippen LogP contribution in [0, 0.1) is 24.0 Å². The van der Waals surface area contributed by atoms with Gasteiger partial charge in [-0.3, -0.25) is 14.4 Å². The van der Waals surface area contributed by atoms with Gasteiger partial charge in [-0.2, -0.15) is 28.1 Å². The van der Waals surface area contributed by atoms with Gasteiger partial charge in [-0.15, -0.1) is 0 Å². The third kappa shape index (κ3) is 12.5. The smallest absolute Gasteiger partial charge is 0.422 e. The number of alkyl halides is 3. The van der Waals surface area contributed by atoms with E-state index in [4.69, 9.17) is 16.3 Å². The average molecular weight is 777 g/mol. The molecule has 1 heterocycles. The summed E-state index contributed by atoms with van der Waals surface area (Å²) in [7, 11) is 0. The number of aromatic nitrogens is 3. The molecular formula is C36H38ClF5N8O4. The molecule has 288 valence electrons. The number of benzene rings is 3. The first-order chi connectivity index (χ1) is 25.4. The van der Waals surface area contributed by atoms with E-state index < -0.39 is 41.5 Å². The highest BCUT2D eigenvalue weighted by atomic mass is 35.5. The molecule has 4 aromatic rings. The van der Waals surface area contributed by atoms with Crippen molar-refractivity contribution in [3.63, 3.8) is 0 Å². The Morgan fingerprint density at radius 2 is 1.52 bits per heavy atom. The molecule has 1 aliphatic rings. The maximum atomic E-state index is 15.0. The number of halogens is 6. The van der Waals surface area contributed by atoms with Crippen molar-refractivity contribution in [3.05, 3.63) is 94.0 Å². The van der Waals surface area contributed by atoms with Crippen molar-refractivity contribution in [3.8, 4) is 6.01 Å². The van der Waals surface area contributed by atoms with E-state index >= 15 is 0 Å². The van der Waals surface area contributed by atoms with Crippen LogP contribution in [0.5, 0.6) is 6.01 Å². The summed E-state index contributed by atoms with van der Waals surface area (Å²) in [5.41, 5.74) is 0.790. The molecule has 1 aliphatic carbocycles. The maximum Gasteiger partial charge on any atom is 0.422 e. The predicted molar refractivity (Wildman–Crippen MR) is 193 cm³/mol. The zero-order valence-electron chi connectivity index (χ0n) is 29.6. The number of nitrogens with zero attached hydrogens (tertiary/aromatic N) is 3. The lowest BCUT2D eigenvalue weighted by Crippen LogP contribution is -2.41. The highest BCUT2D eigenvalue weighted by molar-refractivity contribution is 6.30. The molecule has 5 N–H and O–H groups in total. The Kier molecular flexibility index (Phi) is 13.3. The number of nitrogens with one attached hydrogen (secondary N) is 5. The monoisotopic (exact) mass is 776 g/mol. The van der Waals surface area contributed by atoms with E-state index in [1.807, 2.05) is 26.0 Å². The van der Waals surface area contributed by atoms with Crippen molar-refractivity contribution < 1.29 is 41.1 Å². The van der Waals surface area contributed by atoms with Gasteiger partial charge in [-0.05, 0) is 78.8 Å². The van der Waals surface area contributed by atoms with Gasteiger partial charge in [-0.1, -0.05) is 43.6 Å². The Hall–Kier alpha value is -5.58. The molecule has 3 aromatic carbocycles. The van der Waals surface area contributed by atoms with Crippen LogP contribution in [0.3, 0.4) is 0 Å². The second-order valence-electron chi connectivity index (χ2n) is 13.2. The standard InChI is InChI=1S/C28H30ClF4N7O3.C8H8FNO/c1-16(41)34-13-26(2,3)14-35-22(42)20-9-8-19(12-21(20)30)36-23-37-24(39-25(38-23)43-15-28(31,32)33)40-27(10-11-27)17-4-6-18(29)7-5-17;1-6-2-3-7(10-5-11)4-8(6)9/h4-9,12H,10-11,13-15H2,1-3H3,(H,34,41)(H,35,42)(H2,36,37,38,39,40);2-5H,1H3,(H,10,11). The second kappa shape index (κ2) is 17.5. The van der Waals surface area contributed by atoms with Gasteiger partial charge in [0.2, 0.25) is 24.2 Å². The van der Waals surface area contributed by atoms with Gasteiger partial charge < -0.3 is 31.3 Å². The number of anilines is 4. The molecule has 1 aromatic heterocycles. The Morgan fingerprint density at radius 3 is 2.11 bits per heavy atom. The van der Waals surface area contributed by atoms with Gasteiger partial charge in [0.05, 0.1) is 11.1 Å². The number of hydrogen-bond acceptors (Lipinski definition) is 9. The van der Waals surface area contributed by atoms with Gasteiger partial charge in [0, 0.05) is 36.4 Å². The van der Waals surface area contributed by atoms with Crippen molar-refractivity contribution in [2.75, 3.05) is 35.6 Å². The summed E-state index contributed by atoms with van der Waals surface area (Å²) >= 11 is 5.99. The summed E-state index contributed by atoms with van der Waals surface area (Å²) in [5.74, 6) is -2.30. The maximum absolute atomic E-state index is 15.0. The molecule has 3 amide bonds. The van der Waals surface area contributed by atoms with E-state index in [0.29, 0.717) is 42.1 Å². The molecule has 0 unspecified atom stereocenters. The highest BCUT2D eigenvalue weighted by Crippen LogP contribution is 2.48. The van der Waals surface area contributed by atoms with Crippen LogP contribution in [0.25, 0.3) is 0 Å². The highest BCUT2D eigenvalue weighted by Gasteiger charge is 2.45. The van der Waals surface area contributed by atoms with E-state index in [0.717, 1.165) is 11.6 Å². The fraction of sp³-hybridized carbons (Fsp3) is 0.333. The van der Waals surface area contributed by atoms with Crippen LogP contribution in [0.15, 0.2) is 60.7 Å². The largest absolute Gasteiger partial charge is 0.454 e. The summed E-state index contributed by atoms with van der Waals surface area (Å²) in [6.45, 7) is 5.57. The van der Waals surface area contributed by atoms with E-state index in [9.17, 15) is 36.3 Å². The molecule has 0 atom stereocenters. The molecule has 0 aliphatic heterocycles. The minimum Gasteiger partial charge on any atom is -0.454 e. The van der Waals surface area contributed by atoms with Gasteiger partial charge in [-0.25, -0.2) is 8.78 Å². The zero-order chi connectivity index (χ0) is 39.7. The van der Waals surface area contributed by atoms with E-state index in [1.165, 1.54) is 25.1 Å². The number of carbonyl (C=O) groups is 3. The average Bonchev–Trinajstić information content (AvgIpc) is 3.88. The molecule has 1 fully saturated rings. The lowest BCUT2D eigenvalue weighted by molar-refractivity contribution is -0.154. The van der Waals surface area contributed by atoms with Crippen molar-refractivity contribution in [2.24, 2.45) is 5.41 Å². The molecule has 0 spiro atoms. The first-order valence-electron chi connectivity index (χ1n) is 16.4. The lowest BCUT2D eigenvalue weighted by Gasteiger charge is -2.25. The van der Waals surface area contributed by atoms with Crippen molar-refractivity contribution >= 4 is 53.1 Å². The third-order valence-corrected chi connectivity index (χ3v) is 8.14. The number of rotatable bonds is 14.